The lowest BCUT2D eigenvalue weighted by molar-refractivity contribution is 0.360. The zero-order valence-corrected chi connectivity index (χ0v) is 13.3. The third-order valence-electron chi connectivity index (χ3n) is 4.08. The number of halogens is 2. The summed E-state index contributed by atoms with van der Waals surface area (Å²) in [5.74, 6) is -1.80. The molecule has 0 aromatic heterocycles. The van der Waals surface area contributed by atoms with Gasteiger partial charge in [-0.1, -0.05) is 6.07 Å². The highest BCUT2D eigenvalue weighted by Crippen LogP contribution is 2.36. The van der Waals surface area contributed by atoms with Crippen LogP contribution in [0.3, 0.4) is 0 Å². The molecule has 0 bridgehead atoms. The Bertz CT molecular complexity index is 726. The lowest BCUT2D eigenvalue weighted by atomic mass is 10.0. The van der Waals surface area contributed by atoms with E-state index in [2.05, 4.69) is 15.5 Å². The van der Waals surface area contributed by atoms with Crippen LogP contribution in [0.15, 0.2) is 24.3 Å². The number of nitrogens with zero attached hydrogens (tertiary/aromatic N) is 1. The first-order valence-corrected chi connectivity index (χ1v) is 7.35. The van der Waals surface area contributed by atoms with Crippen molar-refractivity contribution in [3.05, 3.63) is 47.0 Å². The van der Waals surface area contributed by atoms with Crippen molar-refractivity contribution < 1.29 is 13.5 Å². The number of hydrogen-bond acceptors (Lipinski definition) is 4. The number of nitrogens with one attached hydrogen (secondary N) is 2. The first-order valence-electron chi connectivity index (χ1n) is 7.35. The van der Waals surface area contributed by atoms with Gasteiger partial charge < -0.3 is 20.3 Å². The maximum absolute atomic E-state index is 13.8. The van der Waals surface area contributed by atoms with E-state index >= 15 is 0 Å². The third kappa shape index (κ3) is 2.76. The molecule has 0 aliphatic carbocycles. The second-order valence-corrected chi connectivity index (χ2v) is 5.62. The molecule has 0 radical (unpaired) electrons. The SMILES string of the molecule is COc1c(F)cc(NCc2c(C)ccc3c2N(C)CN3)cc1F. The average Bonchev–Trinajstić information content (AvgIpc) is 2.88. The Labute approximate surface area is 134 Å². The number of fused-ring (bicyclic) bond motifs is 1. The Balaban J connectivity index is 1.86. The van der Waals surface area contributed by atoms with E-state index in [9.17, 15) is 8.78 Å². The van der Waals surface area contributed by atoms with Gasteiger partial charge in [0.1, 0.15) is 0 Å². The average molecular weight is 319 g/mol. The fourth-order valence-corrected chi connectivity index (χ4v) is 2.87. The summed E-state index contributed by atoms with van der Waals surface area (Å²) in [5, 5.41) is 6.41. The van der Waals surface area contributed by atoms with Crippen LogP contribution in [0.4, 0.5) is 25.8 Å². The quantitative estimate of drug-likeness (QED) is 0.901. The molecular weight excluding hydrogens is 300 g/mol. The van der Waals surface area contributed by atoms with Crippen LogP contribution in [0, 0.1) is 18.6 Å². The van der Waals surface area contributed by atoms with E-state index in [4.69, 9.17) is 4.74 Å². The zero-order valence-electron chi connectivity index (χ0n) is 13.3. The zero-order chi connectivity index (χ0) is 16.6. The number of benzene rings is 2. The molecule has 4 nitrogen and oxygen atoms in total. The van der Waals surface area contributed by atoms with E-state index in [0.717, 1.165) is 29.2 Å². The van der Waals surface area contributed by atoms with Gasteiger partial charge in [-0.2, -0.15) is 0 Å². The van der Waals surface area contributed by atoms with Gasteiger partial charge in [0.25, 0.3) is 0 Å². The second-order valence-electron chi connectivity index (χ2n) is 5.62. The van der Waals surface area contributed by atoms with Crippen LogP contribution < -0.4 is 20.3 Å². The van der Waals surface area contributed by atoms with Gasteiger partial charge in [0.15, 0.2) is 17.4 Å². The Morgan fingerprint density at radius 3 is 2.61 bits per heavy atom. The predicted molar refractivity (Wildman–Crippen MR) is 88.3 cm³/mol. The van der Waals surface area contributed by atoms with Gasteiger partial charge in [-0.3, -0.25) is 0 Å². The molecule has 3 rings (SSSR count). The highest BCUT2D eigenvalue weighted by molar-refractivity contribution is 5.79. The fourth-order valence-electron chi connectivity index (χ4n) is 2.87. The van der Waals surface area contributed by atoms with Gasteiger partial charge in [-0.25, -0.2) is 8.78 Å². The Hall–Kier alpha value is -2.50. The van der Waals surface area contributed by atoms with Gasteiger partial charge in [-0.05, 0) is 24.1 Å². The van der Waals surface area contributed by atoms with Gasteiger partial charge in [-0.15, -0.1) is 0 Å². The molecule has 2 aromatic rings. The van der Waals surface area contributed by atoms with Crippen LogP contribution in [0.2, 0.25) is 0 Å². The number of rotatable bonds is 4. The molecule has 0 unspecified atom stereocenters. The summed E-state index contributed by atoms with van der Waals surface area (Å²) < 4.78 is 32.2. The molecule has 0 saturated heterocycles. The molecule has 1 aliphatic rings. The molecule has 122 valence electrons. The normalized spacial score (nSPS) is 12.8. The fraction of sp³-hybridized carbons (Fsp3) is 0.294. The predicted octanol–water partition coefficient (Wildman–Crippen LogP) is 3.71. The standard InChI is InChI=1S/C17H19F2N3O/c1-10-4-5-15-16(22(2)9-21-15)12(10)8-20-11-6-13(18)17(23-3)14(19)7-11/h4-7,20-21H,8-9H2,1-3H3. The number of anilines is 3. The maximum atomic E-state index is 13.8. The van der Waals surface area contributed by atoms with Crippen LogP contribution in [-0.4, -0.2) is 20.8 Å². The third-order valence-corrected chi connectivity index (χ3v) is 4.08. The smallest absolute Gasteiger partial charge is 0.190 e. The van der Waals surface area contributed by atoms with Crippen LogP contribution in [-0.2, 0) is 6.54 Å². The summed E-state index contributed by atoms with van der Waals surface area (Å²) >= 11 is 0. The summed E-state index contributed by atoms with van der Waals surface area (Å²) in [5.41, 5.74) is 4.80. The van der Waals surface area contributed by atoms with Crippen LogP contribution in [0.25, 0.3) is 0 Å². The summed E-state index contributed by atoms with van der Waals surface area (Å²) in [4.78, 5) is 2.12. The molecule has 1 heterocycles. The Morgan fingerprint density at radius 1 is 1.26 bits per heavy atom. The summed E-state index contributed by atoms with van der Waals surface area (Å²) in [7, 11) is 3.25. The van der Waals surface area contributed by atoms with Crippen molar-refractivity contribution in [3.8, 4) is 5.75 Å². The van der Waals surface area contributed by atoms with Gasteiger partial charge >= 0.3 is 0 Å². The topological polar surface area (TPSA) is 36.5 Å². The molecule has 0 fully saturated rings. The molecule has 6 heteroatoms. The molecule has 0 saturated carbocycles. The molecule has 0 amide bonds. The lowest BCUT2D eigenvalue weighted by Gasteiger charge is -2.18. The highest BCUT2D eigenvalue weighted by atomic mass is 19.1. The van der Waals surface area contributed by atoms with Crippen molar-refractivity contribution in [2.45, 2.75) is 13.5 Å². The van der Waals surface area contributed by atoms with E-state index < -0.39 is 11.6 Å². The van der Waals surface area contributed by atoms with Crippen LogP contribution >= 0.6 is 0 Å². The summed E-state index contributed by atoms with van der Waals surface area (Å²) in [6.45, 7) is 3.25. The minimum atomic E-state index is -0.719. The van der Waals surface area contributed by atoms with Crippen molar-refractivity contribution in [3.63, 3.8) is 0 Å². The van der Waals surface area contributed by atoms with Crippen molar-refractivity contribution in [2.75, 3.05) is 36.4 Å². The molecular formula is C17H19F2N3O. The largest absolute Gasteiger partial charge is 0.491 e. The molecule has 0 atom stereocenters. The molecule has 0 spiro atoms. The molecule has 2 aromatic carbocycles. The van der Waals surface area contributed by atoms with Gasteiger partial charge in [0, 0.05) is 31.4 Å². The first kappa shape index (κ1) is 15.4. The van der Waals surface area contributed by atoms with E-state index in [0.29, 0.717) is 12.2 Å². The number of methoxy groups -OCH3 is 1. The molecule has 1 aliphatic heterocycles. The van der Waals surface area contributed by atoms with Crippen molar-refractivity contribution >= 4 is 17.1 Å². The Kier molecular flexibility index (Phi) is 3.98. The maximum Gasteiger partial charge on any atom is 0.190 e. The van der Waals surface area contributed by atoms with Crippen LogP contribution in [0.5, 0.6) is 5.75 Å². The second kappa shape index (κ2) is 5.95. The number of hydrogen-bond donors (Lipinski definition) is 2. The van der Waals surface area contributed by atoms with Crippen molar-refractivity contribution in [1.82, 2.24) is 0 Å². The molecule has 23 heavy (non-hydrogen) atoms. The van der Waals surface area contributed by atoms with Gasteiger partial charge in [0.05, 0.1) is 25.2 Å². The first-order chi connectivity index (χ1) is 11.0. The summed E-state index contributed by atoms with van der Waals surface area (Å²) in [6, 6.07) is 6.56. The Morgan fingerprint density at radius 2 is 1.96 bits per heavy atom. The monoisotopic (exact) mass is 319 g/mol. The number of aryl methyl sites for hydroxylation is 1. The van der Waals surface area contributed by atoms with E-state index in [1.807, 2.05) is 26.1 Å². The highest BCUT2D eigenvalue weighted by Gasteiger charge is 2.20. The number of ether oxygens (including phenoxy) is 1. The minimum absolute atomic E-state index is 0.365. The van der Waals surface area contributed by atoms with Crippen molar-refractivity contribution in [2.24, 2.45) is 0 Å². The van der Waals surface area contributed by atoms with Gasteiger partial charge in [0.2, 0.25) is 0 Å². The van der Waals surface area contributed by atoms with Crippen molar-refractivity contribution in [1.29, 1.82) is 0 Å². The van der Waals surface area contributed by atoms with E-state index in [1.54, 1.807) is 0 Å². The van der Waals surface area contributed by atoms with Crippen LogP contribution in [0.1, 0.15) is 11.1 Å². The molecule has 2 N–H and O–H groups in total. The lowest BCUT2D eigenvalue weighted by Crippen LogP contribution is -2.18. The van der Waals surface area contributed by atoms with E-state index in [1.165, 1.54) is 19.2 Å². The summed E-state index contributed by atoms with van der Waals surface area (Å²) in [6.07, 6.45) is 0. The minimum Gasteiger partial charge on any atom is -0.491 e. The van der Waals surface area contributed by atoms with E-state index in [-0.39, 0.29) is 5.75 Å².